The number of carbonyl (C=O) groups is 2. The van der Waals surface area contributed by atoms with Crippen LogP contribution in [0.15, 0.2) is 24.3 Å². The minimum absolute atomic E-state index is 0.180. The Bertz CT molecular complexity index is 499. The molecule has 1 saturated heterocycles. The maximum absolute atomic E-state index is 12.1. The smallest absolute Gasteiger partial charge is 0.317 e. The summed E-state index contributed by atoms with van der Waals surface area (Å²) >= 11 is 0. The van der Waals surface area contributed by atoms with Crippen molar-refractivity contribution in [2.75, 3.05) is 13.1 Å². The Morgan fingerprint density at radius 1 is 1.29 bits per heavy atom. The van der Waals surface area contributed by atoms with Gasteiger partial charge in [0, 0.05) is 19.6 Å². The molecule has 2 amide bonds. The number of carboxylic acids is 1. The molecule has 0 aliphatic carbocycles. The first-order chi connectivity index (χ1) is 10.1. The van der Waals surface area contributed by atoms with Crippen LogP contribution in [0.25, 0.3) is 0 Å². The molecular formula is C16H22N2O3. The number of hydrogen-bond acceptors (Lipinski definition) is 2. The first-order valence-corrected chi connectivity index (χ1v) is 7.43. The molecule has 1 heterocycles. The van der Waals surface area contributed by atoms with Crippen LogP contribution >= 0.6 is 0 Å². The van der Waals surface area contributed by atoms with Crippen molar-refractivity contribution in [2.24, 2.45) is 5.92 Å². The summed E-state index contributed by atoms with van der Waals surface area (Å²) < 4.78 is 0. The highest BCUT2D eigenvalue weighted by atomic mass is 16.4. The molecule has 1 fully saturated rings. The zero-order chi connectivity index (χ0) is 15.2. The molecule has 1 aromatic rings. The fourth-order valence-electron chi connectivity index (χ4n) is 2.55. The quantitative estimate of drug-likeness (QED) is 0.893. The number of benzene rings is 1. The highest BCUT2D eigenvalue weighted by Gasteiger charge is 2.27. The Hall–Kier alpha value is -2.04. The van der Waals surface area contributed by atoms with Gasteiger partial charge in [-0.2, -0.15) is 0 Å². The predicted molar refractivity (Wildman–Crippen MR) is 80.0 cm³/mol. The number of carboxylic acid groups (broad SMARTS) is 1. The number of nitrogens with one attached hydrogen (secondary N) is 1. The average Bonchev–Trinajstić information content (AvgIpc) is 2.53. The molecule has 1 aromatic carbocycles. The summed E-state index contributed by atoms with van der Waals surface area (Å²) in [6.45, 7) is 3.50. The van der Waals surface area contributed by atoms with Gasteiger partial charge in [-0.05, 0) is 30.4 Å². The molecule has 5 nitrogen and oxygen atoms in total. The van der Waals surface area contributed by atoms with Crippen molar-refractivity contribution in [3.63, 3.8) is 0 Å². The zero-order valence-corrected chi connectivity index (χ0v) is 12.3. The molecule has 0 radical (unpaired) electrons. The van der Waals surface area contributed by atoms with E-state index < -0.39 is 11.9 Å². The summed E-state index contributed by atoms with van der Waals surface area (Å²) in [5.41, 5.74) is 2.32. The van der Waals surface area contributed by atoms with E-state index in [4.69, 9.17) is 5.11 Å². The Labute approximate surface area is 125 Å². The second kappa shape index (κ2) is 7.11. The van der Waals surface area contributed by atoms with E-state index in [2.05, 4.69) is 24.4 Å². The molecule has 2 N–H and O–H groups in total. The van der Waals surface area contributed by atoms with Crippen LogP contribution in [0.1, 0.15) is 30.9 Å². The third-order valence-electron chi connectivity index (χ3n) is 3.93. The normalized spacial score (nSPS) is 18.3. The number of amides is 2. The van der Waals surface area contributed by atoms with Gasteiger partial charge in [0.1, 0.15) is 0 Å². The van der Waals surface area contributed by atoms with Crippen LogP contribution in [0.2, 0.25) is 0 Å². The maximum Gasteiger partial charge on any atom is 0.317 e. The molecule has 114 valence electrons. The summed E-state index contributed by atoms with van der Waals surface area (Å²) in [5.74, 6) is -1.25. The highest BCUT2D eigenvalue weighted by molar-refractivity contribution is 5.76. The molecule has 0 spiro atoms. The van der Waals surface area contributed by atoms with Gasteiger partial charge in [0.15, 0.2) is 0 Å². The largest absolute Gasteiger partial charge is 0.481 e. The van der Waals surface area contributed by atoms with Crippen LogP contribution in [0.5, 0.6) is 0 Å². The highest BCUT2D eigenvalue weighted by Crippen LogP contribution is 2.16. The molecule has 0 bridgehead atoms. The predicted octanol–water partition coefficient (Wildman–Crippen LogP) is 2.26. The summed E-state index contributed by atoms with van der Waals surface area (Å²) in [6.07, 6.45) is 2.39. The van der Waals surface area contributed by atoms with E-state index in [-0.39, 0.29) is 6.03 Å². The molecular weight excluding hydrogens is 268 g/mol. The lowest BCUT2D eigenvalue weighted by Crippen LogP contribution is -2.46. The number of rotatable bonds is 4. The van der Waals surface area contributed by atoms with Gasteiger partial charge in [-0.15, -0.1) is 0 Å². The lowest BCUT2D eigenvalue weighted by atomic mass is 9.99. The lowest BCUT2D eigenvalue weighted by molar-refractivity contribution is -0.143. The lowest BCUT2D eigenvalue weighted by Gasteiger charge is -2.30. The number of likely N-dealkylation sites (tertiary alicyclic amines) is 1. The second-order valence-electron chi connectivity index (χ2n) is 5.45. The zero-order valence-electron chi connectivity index (χ0n) is 12.3. The van der Waals surface area contributed by atoms with Crippen molar-refractivity contribution in [3.05, 3.63) is 35.4 Å². The van der Waals surface area contributed by atoms with Gasteiger partial charge in [-0.1, -0.05) is 31.2 Å². The number of piperidine rings is 1. The van der Waals surface area contributed by atoms with E-state index >= 15 is 0 Å². The monoisotopic (exact) mass is 290 g/mol. The van der Waals surface area contributed by atoms with Gasteiger partial charge in [-0.25, -0.2) is 4.79 Å². The van der Waals surface area contributed by atoms with Crippen LogP contribution in [-0.4, -0.2) is 35.1 Å². The van der Waals surface area contributed by atoms with Crippen LogP contribution in [0.4, 0.5) is 4.79 Å². The minimum atomic E-state index is -0.817. The van der Waals surface area contributed by atoms with E-state index in [1.165, 1.54) is 5.56 Å². The van der Waals surface area contributed by atoms with Gasteiger partial charge >= 0.3 is 12.0 Å². The molecule has 0 unspecified atom stereocenters. The minimum Gasteiger partial charge on any atom is -0.481 e. The molecule has 2 rings (SSSR count). The molecule has 1 atom stereocenters. The van der Waals surface area contributed by atoms with Crippen molar-refractivity contribution in [2.45, 2.75) is 32.7 Å². The van der Waals surface area contributed by atoms with Crippen molar-refractivity contribution in [3.8, 4) is 0 Å². The number of carbonyl (C=O) groups excluding carboxylic acids is 1. The van der Waals surface area contributed by atoms with Crippen LogP contribution < -0.4 is 5.32 Å². The summed E-state index contributed by atoms with van der Waals surface area (Å²) in [7, 11) is 0. The van der Waals surface area contributed by atoms with E-state index in [1.54, 1.807) is 4.90 Å². The summed E-state index contributed by atoms with van der Waals surface area (Å²) in [6, 6.07) is 7.96. The molecule has 21 heavy (non-hydrogen) atoms. The number of nitrogens with zero attached hydrogens (tertiary/aromatic N) is 1. The SMILES string of the molecule is CCc1ccc(CNC(=O)N2CCC[C@@H](C(=O)O)C2)cc1. The number of aryl methyl sites for hydroxylation is 1. The molecule has 1 aliphatic heterocycles. The third-order valence-corrected chi connectivity index (χ3v) is 3.93. The molecule has 0 saturated carbocycles. The average molecular weight is 290 g/mol. The topological polar surface area (TPSA) is 69.6 Å². The van der Waals surface area contributed by atoms with E-state index in [0.29, 0.717) is 26.1 Å². The number of urea groups is 1. The fourth-order valence-corrected chi connectivity index (χ4v) is 2.55. The van der Waals surface area contributed by atoms with E-state index in [0.717, 1.165) is 18.4 Å². The Morgan fingerprint density at radius 2 is 1.95 bits per heavy atom. The molecule has 5 heteroatoms. The van der Waals surface area contributed by atoms with Gasteiger partial charge in [0.2, 0.25) is 0 Å². The fraction of sp³-hybridized carbons (Fsp3) is 0.500. The summed E-state index contributed by atoms with van der Waals surface area (Å²) in [4.78, 5) is 24.7. The number of hydrogen-bond donors (Lipinski definition) is 2. The van der Waals surface area contributed by atoms with Crippen molar-refractivity contribution in [1.82, 2.24) is 10.2 Å². The van der Waals surface area contributed by atoms with Crippen LogP contribution in [-0.2, 0) is 17.8 Å². The van der Waals surface area contributed by atoms with E-state index in [9.17, 15) is 9.59 Å². The van der Waals surface area contributed by atoms with E-state index in [1.807, 2.05) is 12.1 Å². The van der Waals surface area contributed by atoms with Crippen LogP contribution in [0, 0.1) is 5.92 Å². The second-order valence-corrected chi connectivity index (χ2v) is 5.45. The van der Waals surface area contributed by atoms with Crippen LogP contribution in [0.3, 0.4) is 0 Å². The van der Waals surface area contributed by atoms with Crippen molar-refractivity contribution < 1.29 is 14.7 Å². The van der Waals surface area contributed by atoms with Gasteiger partial charge in [0.05, 0.1) is 5.92 Å². The van der Waals surface area contributed by atoms with Crippen molar-refractivity contribution >= 4 is 12.0 Å². The van der Waals surface area contributed by atoms with Gasteiger partial charge in [-0.3, -0.25) is 4.79 Å². The third kappa shape index (κ3) is 4.21. The first-order valence-electron chi connectivity index (χ1n) is 7.43. The molecule has 1 aliphatic rings. The Balaban J connectivity index is 1.84. The summed E-state index contributed by atoms with van der Waals surface area (Å²) in [5, 5.41) is 11.9. The van der Waals surface area contributed by atoms with Gasteiger partial charge in [0.25, 0.3) is 0 Å². The first kappa shape index (κ1) is 15.4. The maximum atomic E-state index is 12.1. The molecule has 0 aromatic heterocycles. The van der Waals surface area contributed by atoms with Gasteiger partial charge < -0.3 is 15.3 Å². The Kier molecular flexibility index (Phi) is 5.20. The standard InChI is InChI=1S/C16H22N2O3/c1-2-12-5-7-13(8-6-12)10-17-16(21)18-9-3-4-14(11-18)15(19)20/h5-8,14H,2-4,9-11H2,1H3,(H,17,21)(H,19,20)/t14-/m1/s1. The number of aliphatic carboxylic acids is 1. The Morgan fingerprint density at radius 3 is 2.57 bits per heavy atom. The van der Waals surface area contributed by atoms with Crippen molar-refractivity contribution in [1.29, 1.82) is 0 Å².